The molecule has 8 nitrogen and oxygen atoms in total. The summed E-state index contributed by atoms with van der Waals surface area (Å²) in [4.78, 5) is 16.2. The van der Waals surface area contributed by atoms with Crippen LogP contribution in [-0.4, -0.2) is 69.7 Å². The standard InChI is InChI=1S/C29H57N2O6PS/c1-5-6-7-8-9-10-11-12-13-14-15-16-17-18-19-20-23-34-26-28(37-29-30-21-25-39-29)27-36-38(32,33)35-24-22-31(2,3)4/h21,25,28H,5-20,22-24,26-27H2,1-4H3/t28-/m0/s1. The third kappa shape index (κ3) is 23.8. The van der Waals surface area contributed by atoms with Crippen LogP contribution in [0.1, 0.15) is 110 Å². The summed E-state index contributed by atoms with van der Waals surface area (Å²) in [5.41, 5.74) is 0. The molecule has 1 rings (SSSR count). The molecule has 10 heteroatoms. The summed E-state index contributed by atoms with van der Waals surface area (Å²) in [6, 6.07) is 0. The summed E-state index contributed by atoms with van der Waals surface area (Å²) in [6.07, 6.45) is 22.4. The molecular weight excluding hydrogens is 535 g/mol. The lowest BCUT2D eigenvalue weighted by Gasteiger charge is -2.28. The second-order valence-corrected chi connectivity index (χ2v) is 13.8. The maximum Gasteiger partial charge on any atom is 0.273 e. The summed E-state index contributed by atoms with van der Waals surface area (Å²) in [6.45, 7) is 3.57. The molecule has 0 N–H and O–H groups in total. The van der Waals surface area contributed by atoms with E-state index < -0.39 is 13.9 Å². The van der Waals surface area contributed by atoms with Gasteiger partial charge < -0.3 is 27.9 Å². The molecule has 0 saturated carbocycles. The van der Waals surface area contributed by atoms with Crippen LogP contribution in [0.5, 0.6) is 5.19 Å². The number of rotatable bonds is 28. The summed E-state index contributed by atoms with van der Waals surface area (Å²) in [5, 5.41) is 2.26. The Bertz CT molecular complexity index is 717. The Morgan fingerprint density at radius 3 is 1.85 bits per heavy atom. The minimum Gasteiger partial charge on any atom is -0.756 e. The first-order valence-corrected chi connectivity index (χ1v) is 17.6. The quantitative estimate of drug-likeness (QED) is 0.0570. The third-order valence-corrected chi connectivity index (χ3v) is 8.18. The molecule has 39 heavy (non-hydrogen) atoms. The van der Waals surface area contributed by atoms with Crippen molar-refractivity contribution in [2.24, 2.45) is 0 Å². The topological polar surface area (TPSA) is 89.9 Å². The van der Waals surface area contributed by atoms with Crippen LogP contribution in [0.3, 0.4) is 0 Å². The van der Waals surface area contributed by atoms with E-state index in [2.05, 4.69) is 11.9 Å². The fourth-order valence-corrected chi connectivity index (χ4v) is 5.41. The van der Waals surface area contributed by atoms with Crippen LogP contribution < -0.4 is 9.63 Å². The lowest BCUT2D eigenvalue weighted by atomic mass is 10.0. The largest absolute Gasteiger partial charge is 0.756 e. The van der Waals surface area contributed by atoms with Gasteiger partial charge in [0, 0.05) is 18.2 Å². The first-order chi connectivity index (χ1) is 18.7. The molecule has 0 radical (unpaired) electrons. The van der Waals surface area contributed by atoms with E-state index >= 15 is 0 Å². The van der Waals surface area contributed by atoms with Crippen LogP contribution in [0.15, 0.2) is 11.6 Å². The van der Waals surface area contributed by atoms with Gasteiger partial charge in [-0.2, -0.15) is 0 Å². The molecule has 0 amide bonds. The Morgan fingerprint density at radius 1 is 0.821 bits per heavy atom. The molecular formula is C29H57N2O6PS. The number of ether oxygens (including phenoxy) is 2. The SMILES string of the molecule is CCCCCCCCCCCCCCCCCCOC[C@@H](COP(=O)([O-])OCC[N+](C)(C)C)Oc1nccs1. The Balaban J connectivity index is 2.07. The molecule has 0 aromatic carbocycles. The van der Waals surface area contributed by atoms with E-state index in [-0.39, 0.29) is 19.8 Å². The fraction of sp³-hybridized carbons (Fsp3) is 0.897. The van der Waals surface area contributed by atoms with Crippen molar-refractivity contribution in [1.82, 2.24) is 4.98 Å². The average Bonchev–Trinajstić information content (AvgIpc) is 3.38. The molecule has 0 aliphatic rings. The third-order valence-electron chi connectivity index (χ3n) is 6.55. The van der Waals surface area contributed by atoms with E-state index in [0.29, 0.717) is 22.8 Å². The highest BCUT2D eigenvalue weighted by Crippen LogP contribution is 2.38. The van der Waals surface area contributed by atoms with Crippen molar-refractivity contribution in [3.05, 3.63) is 11.6 Å². The van der Waals surface area contributed by atoms with Crippen LogP contribution in [0.25, 0.3) is 0 Å². The molecule has 0 spiro atoms. The summed E-state index contributed by atoms with van der Waals surface area (Å²) < 4.78 is 34.4. The molecule has 0 bridgehead atoms. The zero-order chi connectivity index (χ0) is 28.7. The number of nitrogens with zero attached hydrogens (tertiary/aromatic N) is 2. The summed E-state index contributed by atoms with van der Waals surface area (Å²) in [5.74, 6) is 0. The number of likely N-dealkylation sites (N-methyl/N-ethyl adjacent to an activating group) is 1. The van der Waals surface area contributed by atoms with E-state index in [1.165, 1.54) is 101 Å². The lowest BCUT2D eigenvalue weighted by Crippen LogP contribution is -2.37. The first-order valence-electron chi connectivity index (χ1n) is 15.3. The van der Waals surface area contributed by atoms with Gasteiger partial charge in [0.25, 0.3) is 13.0 Å². The molecule has 2 atom stereocenters. The molecule has 1 aromatic heterocycles. The number of phosphoric ester groups is 1. The molecule has 0 aliphatic heterocycles. The summed E-state index contributed by atoms with van der Waals surface area (Å²) in [7, 11) is 1.49. The maximum absolute atomic E-state index is 12.1. The summed E-state index contributed by atoms with van der Waals surface area (Å²) >= 11 is 1.34. The van der Waals surface area contributed by atoms with Crippen LogP contribution in [0, 0.1) is 0 Å². The van der Waals surface area contributed by atoms with Crippen molar-refractivity contribution in [3.63, 3.8) is 0 Å². The lowest BCUT2D eigenvalue weighted by molar-refractivity contribution is -0.870. The van der Waals surface area contributed by atoms with Crippen LogP contribution in [-0.2, 0) is 18.3 Å². The van der Waals surface area contributed by atoms with Crippen LogP contribution in [0.2, 0.25) is 0 Å². The van der Waals surface area contributed by atoms with Gasteiger partial charge in [0.05, 0.1) is 34.4 Å². The van der Waals surface area contributed by atoms with E-state index in [4.69, 9.17) is 18.5 Å². The Kier molecular flexibility index (Phi) is 21.6. The number of quaternary nitrogens is 1. The molecule has 230 valence electrons. The molecule has 1 aromatic rings. The number of hydrogen-bond donors (Lipinski definition) is 0. The van der Waals surface area contributed by atoms with Crippen molar-refractivity contribution < 1.29 is 32.5 Å². The number of phosphoric acid groups is 1. The predicted molar refractivity (Wildman–Crippen MR) is 159 cm³/mol. The minimum atomic E-state index is -4.41. The van der Waals surface area contributed by atoms with Gasteiger partial charge in [0.1, 0.15) is 19.3 Å². The van der Waals surface area contributed by atoms with Gasteiger partial charge in [-0.3, -0.25) is 4.57 Å². The highest BCUT2D eigenvalue weighted by molar-refractivity contribution is 7.45. The Labute approximate surface area is 243 Å². The predicted octanol–water partition coefficient (Wildman–Crippen LogP) is 7.38. The van der Waals surface area contributed by atoms with Crippen molar-refractivity contribution >= 4 is 19.2 Å². The highest BCUT2D eigenvalue weighted by Gasteiger charge is 2.19. The van der Waals surface area contributed by atoms with E-state index in [9.17, 15) is 9.46 Å². The number of thiazole rings is 1. The van der Waals surface area contributed by atoms with Gasteiger partial charge in [-0.05, 0) is 6.42 Å². The van der Waals surface area contributed by atoms with Crippen molar-refractivity contribution in [2.75, 3.05) is 54.1 Å². The van der Waals surface area contributed by atoms with Crippen molar-refractivity contribution in [3.8, 4) is 5.19 Å². The van der Waals surface area contributed by atoms with E-state index in [1.54, 1.807) is 11.6 Å². The monoisotopic (exact) mass is 592 g/mol. The van der Waals surface area contributed by atoms with Crippen LogP contribution >= 0.6 is 19.2 Å². The average molecular weight is 593 g/mol. The normalized spacial score (nSPS) is 14.4. The zero-order valence-corrected chi connectivity index (χ0v) is 27.0. The number of aromatic nitrogens is 1. The molecule has 0 fully saturated rings. The first kappa shape index (κ1) is 36.5. The highest BCUT2D eigenvalue weighted by atomic mass is 32.1. The molecule has 1 heterocycles. The van der Waals surface area contributed by atoms with Gasteiger partial charge in [-0.1, -0.05) is 115 Å². The van der Waals surface area contributed by atoms with Gasteiger partial charge in [0.15, 0.2) is 0 Å². The molecule has 0 saturated heterocycles. The fourth-order valence-electron chi connectivity index (χ4n) is 4.13. The second-order valence-electron chi connectivity index (χ2n) is 11.5. The zero-order valence-electron chi connectivity index (χ0n) is 25.3. The Hall–Kier alpha value is -0.540. The molecule has 1 unspecified atom stereocenters. The second kappa shape index (κ2) is 23.1. The number of unbranched alkanes of at least 4 members (excludes halogenated alkanes) is 15. The number of hydrogen-bond acceptors (Lipinski definition) is 8. The minimum absolute atomic E-state index is 0.0675. The van der Waals surface area contributed by atoms with E-state index in [1.807, 2.05) is 21.1 Å². The smallest absolute Gasteiger partial charge is 0.273 e. The Morgan fingerprint density at radius 2 is 1.36 bits per heavy atom. The van der Waals surface area contributed by atoms with Gasteiger partial charge in [-0.25, -0.2) is 4.98 Å². The molecule has 0 aliphatic carbocycles. The van der Waals surface area contributed by atoms with Gasteiger partial charge in [0.2, 0.25) is 0 Å². The van der Waals surface area contributed by atoms with E-state index in [0.717, 1.165) is 12.8 Å². The van der Waals surface area contributed by atoms with Crippen LogP contribution in [0.4, 0.5) is 0 Å². The van der Waals surface area contributed by atoms with Gasteiger partial charge in [-0.15, -0.1) is 0 Å². The van der Waals surface area contributed by atoms with Crippen molar-refractivity contribution in [1.29, 1.82) is 0 Å². The van der Waals surface area contributed by atoms with Gasteiger partial charge >= 0.3 is 0 Å². The maximum atomic E-state index is 12.1. The van der Waals surface area contributed by atoms with Crippen molar-refractivity contribution in [2.45, 2.75) is 116 Å².